The first-order valence-electron chi connectivity index (χ1n) is 11.6. The molecule has 0 aliphatic carbocycles. The van der Waals surface area contributed by atoms with E-state index in [9.17, 15) is 22.8 Å². The van der Waals surface area contributed by atoms with E-state index in [1.54, 1.807) is 71.3 Å². The summed E-state index contributed by atoms with van der Waals surface area (Å²) in [6.07, 6.45) is -0.451. The van der Waals surface area contributed by atoms with Crippen molar-refractivity contribution in [1.29, 1.82) is 0 Å². The number of hydrogen-bond acceptors (Lipinski definition) is 7. The summed E-state index contributed by atoms with van der Waals surface area (Å²) in [5.74, 6) is -0.998. The van der Waals surface area contributed by atoms with Gasteiger partial charge in [0.2, 0.25) is 15.9 Å². The molecule has 0 radical (unpaired) electrons. The number of esters is 1. The Hall–Kier alpha value is -3.44. The van der Waals surface area contributed by atoms with Crippen LogP contribution in [0.5, 0.6) is 5.75 Å². The monoisotopic (exact) mass is 533 g/mol. The Morgan fingerprint density at radius 3 is 2.03 bits per heavy atom. The Labute approximate surface area is 218 Å². The maximum atomic E-state index is 12.9. The number of sulfonamides is 1. The number of carbonyl (C=O) groups excluding carboxylic acids is 3. The number of ether oxygens (including phenoxy) is 2. The number of hydrogen-bond donors (Lipinski definition) is 1. The summed E-state index contributed by atoms with van der Waals surface area (Å²) in [6, 6.07) is 11.7. The van der Waals surface area contributed by atoms with Crippen molar-refractivity contribution in [3.8, 4) is 5.75 Å². The molecule has 0 heterocycles. The molecular formula is C26H35N3O7S. The lowest BCUT2D eigenvalue weighted by molar-refractivity contribution is -0.158. The van der Waals surface area contributed by atoms with Crippen LogP contribution in [0.2, 0.25) is 0 Å². The second-order valence-corrected chi connectivity index (χ2v) is 11.9. The summed E-state index contributed by atoms with van der Waals surface area (Å²) in [5.41, 5.74) is 0.778. The smallest absolute Gasteiger partial charge is 0.414 e. The van der Waals surface area contributed by atoms with Gasteiger partial charge in [0.25, 0.3) is 0 Å². The van der Waals surface area contributed by atoms with Crippen LogP contribution in [0.15, 0.2) is 53.4 Å². The maximum Gasteiger partial charge on any atom is 0.414 e. The van der Waals surface area contributed by atoms with Gasteiger partial charge in [0.15, 0.2) is 0 Å². The van der Waals surface area contributed by atoms with Crippen LogP contribution in [-0.2, 0) is 30.8 Å². The number of nitrogens with one attached hydrogen (secondary N) is 1. The third-order valence-electron chi connectivity index (χ3n) is 5.06. The highest BCUT2D eigenvalue weighted by Gasteiger charge is 2.29. The largest absolute Gasteiger partial charge is 0.458 e. The van der Waals surface area contributed by atoms with Gasteiger partial charge in [-0.1, -0.05) is 29.8 Å². The van der Waals surface area contributed by atoms with Crippen molar-refractivity contribution in [2.45, 2.75) is 50.7 Å². The highest BCUT2D eigenvalue weighted by atomic mass is 32.2. The molecule has 2 amide bonds. The van der Waals surface area contributed by atoms with Crippen LogP contribution in [0, 0.1) is 6.92 Å². The highest BCUT2D eigenvalue weighted by molar-refractivity contribution is 7.89. The SMILES string of the molecule is Cc1ccc(S(=O)(=O)N(C)CC(=O)N[C@@H](Cc2ccc(OC(=O)N(C)C)cc2)C(=O)OC(C)(C)C)cc1. The Kier molecular flexibility index (Phi) is 9.82. The minimum Gasteiger partial charge on any atom is -0.458 e. The number of likely N-dealkylation sites (N-methyl/N-ethyl adjacent to an activating group) is 1. The van der Waals surface area contributed by atoms with E-state index in [0.717, 1.165) is 9.87 Å². The van der Waals surface area contributed by atoms with Gasteiger partial charge >= 0.3 is 12.1 Å². The molecule has 0 saturated heterocycles. The van der Waals surface area contributed by atoms with Crippen molar-refractivity contribution in [2.75, 3.05) is 27.7 Å². The molecule has 2 aromatic carbocycles. The van der Waals surface area contributed by atoms with Crippen molar-refractivity contribution in [3.05, 3.63) is 59.7 Å². The molecule has 1 atom stereocenters. The van der Waals surface area contributed by atoms with E-state index in [2.05, 4.69) is 5.32 Å². The third-order valence-corrected chi connectivity index (χ3v) is 6.87. The van der Waals surface area contributed by atoms with Crippen molar-refractivity contribution in [2.24, 2.45) is 0 Å². The van der Waals surface area contributed by atoms with Crippen LogP contribution in [-0.4, -0.2) is 74.9 Å². The number of rotatable bonds is 9. The number of aryl methyl sites for hydroxylation is 1. The van der Waals surface area contributed by atoms with E-state index < -0.39 is 46.2 Å². The first kappa shape index (κ1) is 29.8. The first-order chi connectivity index (χ1) is 17.1. The quantitative estimate of drug-likeness (QED) is 0.492. The number of nitrogens with zero attached hydrogens (tertiary/aromatic N) is 2. The zero-order valence-electron chi connectivity index (χ0n) is 22.3. The summed E-state index contributed by atoms with van der Waals surface area (Å²) in [5, 5.41) is 2.60. The van der Waals surface area contributed by atoms with Crippen LogP contribution in [0.1, 0.15) is 31.9 Å². The normalized spacial score (nSPS) is 12.5. The average molecular weight is 534 g/mol. The summed E-state index contributed by atoms with van der Waals surface area (Å²) < 4.78 is 37.3. The Balaban J connectivity index is 2.15. The molecule has 1 N–H and O–H groups in total. The van der Waals surface area contributed by atoms with E-state index in [-0.39, 0.29) is 11.3 Å². The van der Waals surface area contributed by atoms with Gasteiger partial charge < -0.3 is 19.7 Å². The maximum absolute atomic E-state index is 12.9. The molecule has 0 bridgehead atoms. The van der Waals surface area contributed by atoms with Crippen LogP contribution >= 0.6 is 0 Å². The van der Waals surface area contributed by atoms with Gasteiger partial charge in [-0.15, -0.1) is 0 Å². The second kappa shape index (κ2) is 12.2. The minimum atomic E-state index is -3.90. The Bertz CT molecular complexity index is 1200. The predicted octanol–water partition coefficient (Wildman–Crippen LogP) is 2.75. The summed E-state index contributed by atoms with van der Waals surface area (Å²) >= 11 is 0. The molecule has 37 heavy (non-hydrogen) atoms. The molecule has 11 heteroatoms. The van der Waals surface area contributed by atoms with E-state index in [4.69, 9.17) is 9.47 Å². The molecule has 0 saturated carbocycles. The van der Waals surface area contributed by atoms with Gasteiger partial charge in [-0.3, -0.25) is 4.79 Å². The highest BCUT2D eigenvalue weighted by Crippen LogP contribution is 2.17. The molecule has 0 unspecified atom stereocenters. The molecule has 2 aromatic rings. The zero-order chi connectivity index (χ0) is 28.0. The third kappa shape index (κ3) is 9.18. The Morgan fingerprint density at radius 2 is 1.51 bits per heavy atom. The number of carbonyl (C=O) groups is 3. The fourth-order valence-corrected chi connectivity index (χ4v) is 4.23. The lowest BCUT2D eigenvalue weighted by Gasteiger charge is -2.25. The van der Waals surface area contributed by atoms with E-state index in [0.29, 0.717) is 11.3 Å². The molecule has 2 rings (SSSR count). The van der Waals surface area contributed by atoms with Crippen LogP contribution in [0.25, 0.3) is 0 Å². The van der Waals surface area contributed by atoms with E-state index in [1.165, 1.54) is 24.1 Å². The van der Waals surface area contributed by atoms with E-state index >= 15 is 0 Å². The molecule has 0 spiro atoms. The molecule has 0 fully saturated rings. The van der Waals surface area contributed by atoms with Gasteiger partial charge in [-0.2, -0.15) is 4.31 Å². The molecule has 0 aromatic heterocycles. The molecule has 0 aliphatic rings. The second-order valence-electron chi connectivity index (χ2n) is 9.84. The van der Waals surface area contributed by atoms with Crippen molar-refractivity contribution in [3.63, 3.8) is 0 Å². The molecule has 0 aliphatic heterocycles. The lowest BCUT2D eigenvalue weighted by Crippen LogP contribution is -2.48. The van der Waals surface area contributed by atoms with Crippen molar-refractivity contribution < 1.29 is 32.3 Å². The predicted molar refractivity (Wildman–Crippen MR) is 139 cm³/mol. The van der Waals surface area contributed by atoms with Crippen LogP contribution < -0.4 is 10.1 Å². The zero-order valence-corrected chi connectivity index (χ0v) is 23.1. The topological polar surface area (TPSA) is 122 Å². The van der Waals surface area contributed by atoms with Gasteiger partial charge in [0.1, 0.15) is 17.4 Å². The molecular weight excluding hydrogens is 498 g/mol. The Morgan fingerprint density at radius 1 is 0.946 bits per heavy atom. The average Bonchev–Trinajstić information content (AvgIpc) is 2.78. The van der Waals surface area contributed by atoms with Crippen molar-refractivity contribution in [1.82, 2.24) is 14.5 Å². The number of amides is 2. The van der Waals surface area contributed by atoms with Crippen LogP contribution in [0.4, 0.5) is 4.79 Å². The summed E-state index contributed by atoms with van der Waals surface area (Å²) in [6.45, 7) is 6.47. The van der Waals surface area contributed by atoms with Gasteiger partial charge in [-0.25, -0.2) is 18.0 Å². The summed E-state index contributed by atoms with van der Waals surface area (Å²) in [4.78, 5) is 38.8. The van der Waals surface area contributed by atoms with Gasteiger partial charge in [0.05, 0.1) is 11.4 Å². The number of benzene rings is 2. The lowest BCUT2D eigenvalue weighted by atomic mass is 10.1. The van der Waals surface area contributed by atoms with Gasteiger partial charge in [-0.05, 0) is 57.5 Å². The fraction of sp³-hybridized carbons (Fsp3) is 0.423. The fourth-order valence-electron chi connectivity index (χ4n) is 3.10. The molecule has 202 valence electrons. The first-order valence-corrected chi connectivity index (χ1v) is 13.1. The minimum absolute atomic E-state index is 0.0622. The van der Waals surface area contributed by atoms with E-state index in [1.807, 2.05) is 6.92 Å². The molecule has 10 nitrogen and oxygen atoms in total. The van der Waals surface area contributed by atoms with Crippen molar-refractivity contribution >= 4 is 28.0 Å². The van der Waals surface area contributed by atoms with Crippen LogP contribution in [0.3, 0.4) is 0 Å². The van der Waals surface area contributed by atoms with Gasteiger partial charge in [0, 0.05) is 27.6 Å². The standard InChI is InChI=1S/C26H35N3O7S/c1-18-8-14-21(15-9-18)37(33,34)29(7)17-23(30)27-22(24(31)36-26(2,3)4)16-19-10-12-20(13-11-19)35-25(32)28(5)6/h8-15,22H,16-17H2,1-7H3,(H,27,30)/t22-/m0/s1. The summed E-state index contributed by atoms with van der Waals surface area (Å²) in [7, 11) is 0.520.